The fourth-order valence-electron chi connectivity index (χ4n) is 2.16. The Bertz CT molecular complexity index is 701. The molecule has 0 aliphatic rings. The van der Waals surface area contributed by atoms with Gasteiger partial charge in [0.25, 0.3) is 5.91 Å². The summed E-state index contributed by atoms with van der Waals surface area (Å²) < 4.78 is 26.2. The van der Waals surface area contributed by atoms with Gasteiger partial charge in [-0.2, -0.15) is 0 Å². The summed E-state index contributed by atoms with van der Waals surface area (Å²) in [5.41, 5.74) is 0.713. The summed E-state index contributed by atoms with van der Waals surface area (Å²) in [5.74, 6) is -2.50. The Morgan fingerprint density at radius 3 is 2.35 bits per heavy atom. The van der Waals surface area contributed by atoms with Crippen molar-refractivity contribution in [3.63, 3.8) is 0 Å². The second kappa shape index (κ2) is 7.49. The van der Waals surface area contributed by atoms with Gasteiger partial charge in [-0.15, -0.1) is 0 Å². The minimum Gasteiger partial charge on any atom is -0.481 e. The second-order valence-corrected chi connectivity index (χ2v) is 5.02. The lowest BCUT2D eigenvalue weighted by molar-refractivity contribution is -0.137. The highest BCUT2D eigenvalue weighted by Crippen LogP contribution is 2.20. The van der Waals surface area contributed by atoms with Gasteiger partial charge in [-0.25, -0.2) is 8.78 Å². The van der Waals surface area contributed by atoms with Crippen molar-refractivity contribution in [1.29, 1.82) is 0 Å². The third-order valence-electron chi connectivity index (χ3n) is 3.31. The molecular weight excluding hydrogens is 304 g/mol. The number of rotatable bonds is 6. The van der Waals surface area contributed by atoms with Crippen LogP contribution in [-0.2, 0) is 4.79 Å². The highest BCUT2D eigenvalue weighted by Gasteiger charge is 2.17. The van der Waals surface area contributed by atoms with Gasteiger partial charge in [-0.3, -0.25) is 9.59 Å². The Kier molecular flexibility index (Phi) is 5.41. The summed E-state index contributed by atoms with van der Waals surface area (Å²) in [7, 11) is 0. The van der Waals surface area contributed by atoms with Crippen molar-refractivity contribution < 1.29 is 23.5 Å². The lowest BCUT2D eigenvalue weighted by Crippen LogP contribution is -2.29. The standard InChI is InChI=1S/C17H15F2NO3/c18-13-6-4-11(5-7-13)15(8-9-16(21)22)20-17(23)12-2-1-3-14(19)10-12/h1-7,10,15H,8-9H2,(H,20,23)(H,21,22). The van der Waals surface area contributed by atoms with Crippen LogP contribution in [0.5, 0.6) is 0 Å². The molecule has 0 saturated heterocycles. The molecule has 23 heavy (non-hydrogen) atoms. The minimum atomic E-state index is -1.00. The van der Waals surface area contributed by atoms with E-state index in [1.165, 1.54) is 42.5 Å². The third kappa shape index (κ3) is 4.88. The van der Waals surface area contributed by atoms with Gasteiger partial charge < -0.3 is 10.4 Å². The molecule has 1 unspecified atom stereocenters. The average Bonchev–Trinajstić information content (AvgIpc) is 2.52. The molecule has 0 saturated carbocycles. The van der Waals surface area contributed by atoms with E-state index in [1.54, 1.807) is 0 Å². The summed E-state index contributed by atoms with van der Waals surface area (Å²) in [6, 6.07) is 10.00. The van der Waals surface area contributed by atoms with Crippen LogP contribution in [0.15, 0.2) is 48.5 Å². The first-order valence-corrected chi connectivity index (χ1v) is 6.99. The lowest BCUT2D eigenvalue weighted by Gasteiger charge is -2.18. The van der Waals surface area contributed by atoms with Crippen molar-refractivity contribution in [2.24, 2.45) is 0 Å². The van der Waals surface area contributed by atoms with Gasteiger partial charge in [0.15, 0.2) is 0 Å². The Hall–Kier alpha value is -2.76. The van der Waals surface area contributed by atoms with Gasteiger partial charge in [0.05, 0.1) is 6.04 Å². The van der Waals surface area contributed by atoms with Crippen LogP contribution in [0.3, 0.4) is 0 Å². The van der Waals surface area contributed by atoms with Crippen molar-refractivity contribution in [3.05, 3.63) is 71.3 Å². The molecule has 6 heteroatoms. The minimum absolute atomic E-state index is 0.132. The normalized spacial score (nSPS) is 11.7. The van der Waals surface area contributed by atoms with Crippen LogP contribution in [0.25, 0.3) is 0 Å². The van der Waals surface area contributed by atoms with E-state index in [2.05, 4.69) is 5.32 Å². The summed E-state index contributed by atoms with van der Waals surface area (Å²) >= 11 is 0. The molecule has 0 aromatic heterocycles. The first kappa shape index (κ1) is 16.6. The Morgan fingerprint density at radius 2 is 1.74 bits per heavy atom. The predicted molar refractivity (Wildman–Crippen MR) is 79.9 cm³/mol. The van der Waals surface area contributed by atoms with Crippen LogP contribution in [0.4, 0.5) is 8.78 Å². The number of carbonyl (C=O) groups is 2. The number of hydrogen-bond acceptors (Lipinski definition) is 2. The maximum absolute atomic E-state index is 13.2. The fraction of sp³-hybridized carbons (Fsp3) is 0.176. The summed E-state index contributed by atoms with van der Waals surface area (Å²) in [4.78, 5) is 23.0. The molecule has 0 spiro atoms. The van der Waals surface area contributed by atoms with Crippen molar-refractivity contribution in [2.45, 2.75) is 18.9 Å². The molecular formula is C17H15F2NO3. The molecule has 0 radical (unpaired) electrons. The third-order valence-corrected chi connectivity index (χ3v) is 3.31. The molecule has 1 atom stereocenters. The van der Waals surface area contributed by atoms with Crippen molar-refractivity contribution in [3.8, 4) is 0 Å². The zero-order chi connectivity index (χ0) is 16.8. The van der Waals surface area contributed by atoms with Crippen LogP contribution in [-0.4, -0.2) is 17.0 Å². The summed E-state index contributed by atoms with van der Waals surface area (Å²) in [5, 5.41) is 11.5. The SMILES string of the molecule is O=C(O)CCC(NC(=O)c1cccc(F)c1)c1ccc(F)cc1. The average molecular weight is 319 g/mol. The second-order valence-electron chi connectivity index (χ2n) is 5.02. The van der Waals surface area contributed by atoms with E-state index in [-0.39, 0.29) is 18.4 Å². The van der Waals surface area contributed by atoms with Crippen LogP contribution in [0.2, 0.25) is 0 Å². The van der Waals surface area contributed by atoms with Gasteiger partial charge in [0.1, 0.15) is 11.6 Å². The number of benzene rings is 2. The number of carbonyl (C=O) groups excluding carboxylic acids is 1. The van der Waals surface area contributed by atoms with Gasteiger partial charge in [-0.05, 0) is 42.3 Å². The molecule has 1 amide bonds. The number of hydrogen-bond donors (Lipinski definition) is 2. The maximum atomic E-state index is 13.2. The highest BCUT2D eigenvalue weighted by atomic mass is 19.1. The number of halogens is 2. The van der Waals surface area contributed by atoms with Crippen molar-refractivity contribution in [2.75, 3.05) is 0 Å². The van der Waals surface area contributed by atoms with Gasteiger partial charge >= 0.3 is 5.97 Å². The molecule has 0 aliphatic heterocycles. The maximum Gasteiger partial charge on any atom is 0.303 e. The Labute approximate surface area is 131 Å². The van der Waals surface area contributed by atoms with E-state index in [0.717, 1.165) is 6.07 Å². The zero-order valence-corrected chi connectivity index (χ0v) is 12.1. The first-order chi connectivity index (χ1) is 11.0. The van der Waals surface area contributed by atoms with E-state index in [9.17, 15) is 18.4 Å². The largest absolute Gasteiger partial charge is 0.481 e. The van der Waals surface area contributed by atoms with E-state index < -0.39 is 29.6 Å². The fourth-order valence-corrected chi connectivity index (χ4v) is 2.16. The van der Waals surface area contributed by atoms with Crippen LogP contribution in [0, 0.1) is 11.6 Å². The number of carboxylic acid groups (broad SMARTS) is 1. The lowest BCUT2D eigenvalue weighted by atomic mass is 10.0. The van der Waals surface area contributed by atoms with Gasteiger partial charge in [0, 0.05) is 12.0 Å². The molecule has 0 fully saturated rings. The predicted octanol–water partition coefficient (Wildman–Crippen LogP) is 3.30. The van der Waals surface area contributed by atoms with Crippen LogP contribution in [0.1, 0.15) is 34.8 Å². The van der Waals surface area contributed by atoms with Gasteiger partial charge in [0.2, 0.25) is 0 Å². The molecule has 0 bridgehead atoms. The number of aliphatic carboxylic acids is 1. The molecule has 2 N–H and O–H groups in total. The van der Waals surface area contributed by atoms with Crippen LogP contribution < -0.4 is 5.32 Å². The monoisotopic (exact) mass is 319 g/mol. The smallest absolute Gasteiger partial charge is 0.303 e. The zero-order valence-electron chi connectivity index (χ0n) is 12.1. The highest BCUT2D eigenvalue weighted by molar-refractivity contribution is 5.94. The molecule has 4 nitrogen and oxygen atoms in total. The molecule has 120 valence electrons. The molecule has 0 heterocycles. The molecule has 0 aliphatic carbocycles. The van der Waals surface area contributed by atoms with E-state index in [0.29, 0.717) is 5.56 Å². The number of amides is 1. The van der Waals surface area contributed by atoms with Crippen LogP contribution >= 0.6 is 0 Å². The Morgan fingerprint density at radius 1 is 1.04 bits per heavy atom. The van der Waals surface area contributed by atoms with Gasteiger partial charge in [-0.1, -0.05) is 18.2 Å². The number of carboxylic acids is 1. The molecule has 2 aromatic carbocycles. The first-order valence-electron chi connectivity index (χ1n) is 6.99. The summed E-state index contributed by atoms with van der Waals surface area (Å²) in [6.45, 7) is 0. The van der Waals surface area contributed by atoms with Crippen molar-refractivity contribution >= 4 is 11.9 Å². The van der Waals surface area contributed by atoms with E-state index in [1.807, 2.05) is 0 Å². The topological polar surface area (TPSA) is 66.4 Å². The summed E-state index contributed by atoms with van der Waals surface area (Å²) in [6.07, 6.45) is -0.0203. The quantitative estimate of drug-likeness (QED) is 0.858. The Balaban J connectivity index is 2.18. The van der Waals surface area contributed by atoms with E-state index in [4.69, 9.17) is 5.11 Å². The van der Waals surface area contributed by atoms with Crippen molar-refractivity contribution in [1.82, 2.24) is 5.32 Å². The molecule has 2 aromatic rings. The van der Waals surface area contributed by atoms with E-state index >= 15 is 0 Å². The number of nitrogens with one attached hydrogen (secondary N) is 1. The molecule has 2 rings (SSSR count).